The first-order chi connectivity index (χ1) is 9.18. The van der Waals surface area contributed by atoms with Crippen LogP contribution in [0, 0.1) is 6.92 Å². The third kappa shape index (κ3) is 3.41. The Morgan fingerprint density at radius 3 is 2.47 bits per heavy atom. The molecule has 0 saturated heterocycles. The van der Waals surface area contributed by atoms with Crippen LogP contribution in [0.3, 0.4) is 0 Å². The van der Waals surface area contributed by atoms with Gasteiger partial charge in [0.15, 0.2) is 0 Å². The summed E-state index contributed by atoms with van der Waals surface area (Å²) >= 11 is 0. The van der Waals surface area contributed by atoms with E-state index in [4.69, 9.17) is 10.5 Å². The molecule has 0 amide bonds. The molecule has 19 heavy (non-hydrogen) atoms. The summed E-state index contributed by atoms with van der Waals surface area (Å²) in [5, 5.41) is 0. The molecule has 0 heterocycles. The van der Waals surface area contributed by atoms with E-state index in [1.165, 1.54) is 0 Å². The second-order valence-corrected chi connectivity index (χ2v) is 4.59. The number of para-hydroxylation sites is 3. The Balaban J connectivity index is 1.90. The van der Waals surface area contributed by atoms with Gasteiger partial charge in [-0.1, -0.05) is 30.3 Å². The number of rotatable bonds is 5. The van der Waals surface area contributed by atoms with Gasteiger partial charge in [-0.25, -0.2) is 0 Å². The minimum Gasteiger partial charge on any atom is -0.491 e. The lowest BCUT2D eigenvalue weighted by atomic mass is 10.2. The van der Waals surface area contributed by atoms with Crippen molar-refractivity contribution in [3.8, 4) is 5.75 Å². The molecule has 0 spiro atoms. The Kier molecular flexibility index (Phi) is 4.29. The number of benzene rings is 2. The topological polar surface area (TPSA) is 38.5 Å². The first-order valence-corrected chi connectivity index (χ1v) is 6.42. The molecule has 0 radical (unpaired) electrons. The molecule has 0 aliphatic carbocycles. The van der Waals surface area contributed by atoms with Crippen LogP contribution in [0.25, 0.3) is 0 Å². The van der Waals surface area contributed by atoms with Gasteiger partial charge in [-0.3, -0.25) is 0 Å². The van der Waals surface area contributed by atoms with Crippen molar-refractivity contribution >= 4 is 11.4 Å². The van der Waals surface area contributed by atoms with Crippen molar-refractivity contribution in [2.45, 2.75) is 6.92 Å². The molecule has 2 aromatic rings. The summed E-state index contributed by atoms with van der Waals surface area (Å²) in [6, 6.07) is 15.9. The van der Waals surface area contributed by atoms with Crippen LogP contribution >= 0.6 is 0 Å². The molecule has 2 aromatic carbocycles. The van der Waals surface area contributed by atoms with E-state index in [1.807, 2.05) is 62.5 Å². The monoisotopic (exact) mass is 256 g/mol. The highest BCUT2D eigenvalue weighted by molar-refractivity contribution is 5.66. The van der Waals surface area contributed by atoms with Crippen LogP contribution in [-0.2, 0) is 0 Å². The summed E-state index contributed by atoms with van der Waals surface area (Å²) in [5.41, 5.74) is 8.93. The summed E-state index contributed by atoms with van der Waals surface area (Å²) in [6.07, 6.45) is 0. The SMILES string of the molecule is Cc1ccccc1OCCN(C)c1ccccc1N. The number of anilines is 2. The Morgan fingerprint density at radius 2 is 1.74 bits per heavy atom. The predicted octanol–water partition coefficient (Wildman–Crippen LogP) is 3.09. The van der Waals surface area contributed by atoms with Gasteiger partial charge in [0.2, 0.25) is 0 Å². The molecule has 0 saturated carbocycles. The molecule has 0 bridgehead atoms. The van der Waals surface area contributed by atoms with Crippen molar-refractivity contribution < 1.29 is 4.74 Å². The normalized spacial score (nSPS) is 10.2. The lowest BCUT2D eigenvalue weighted by Crippen LogP contribution is -2.24. The van der Waals surface area contributed by atoms with Gasteiger partial charge in [-0.05, 0) is 30.7 Å². The molecule has 0 unspecified atom stereocenters. The Labute approximate surface area is 114 Å². The molecule has 2 N–H and O–H groups in total. The number of nitrogen functional groups attached to an aromatic ring is 1. The maximum Gasteiger partial charge on any atom is 0.122 e. The zero-order valence-corrected chi connectivity index (χ0v) is 11.5. The number of hydrogen-bond donors (Lipinski definition) is 1. The highest BCUT2D eigenvalue weighted by Gasteiger charge is 2.04. The van der Waals surface area contributed by atoms with E-state index in [2.05, 4.69) is 4.90 Å². The standard InChI is InChI=1S/C16H20N2O/c1-13-7-3-6-10-16(13)19-12-11-18(2)15-9-5-4-8-14(15)17/h3-10H,11-12,17H2,1-2H3. The van der Waals surface area contributed by atoms with Crippen LogP contribution in [0.4, 0.5) is 11.4 Å². The van der Waals surface area contributed by atoms with E-state index in [1.54, 1.807) is 0 Å². The number of nitrogens with zero attached hydrogens (tertiary/aromatic N) is 1. The van der Waals surface area contributed by atoms with E-state index >= 15 is 0 Å². The molecule has 0 fully saturated rings. The smallest absolute Gasteiger partial charge is 0.122 e. The Hall–Kier alpha value is -2.16. The van der Waals surface area contributed by atoms with Crippen LogP contribution in [0.1, 0.15) is 5.56 Å². The van der Waals surface area contributed by atoms with Crippen LogP contribution in [0.15, 0.2) is 48.5 Å². The minimum atomic E-state index is 0.635. The third-order valence-electron chi connectivity index (χ3n) is 3.13. The average Bonchev–Trinajstić information content (AvgIpc) is 2.41. The number of likely N-dealkylation sites (N-methyl/N-ethyl adjacent to an activating group) is 1. The zero-order valence-electron chi connectivity index (χ0n) is 11.5. The number of aryl methyl sites for hydroxylation is 1. The van der Waals surface area contributed by atoms with Crippen LogP contribution in [0.5, 0.6) is 5.75 Å². The third-order valence-corrected chi connectivity index (χ3v) is 3.13. The van der Waals surface area contributed by atoms with Gasteiger partial charge in [0, 0.05) is 7.05 Å². The summed E-state index contributed by atoms with van der Waals surface area (Å²) in [7, 11) is 2.02. The molecule has 0 aliphatic rings. The molecule has 0 atom stereocenters. The van der Waals surface area contributed by atoms with Gasteiger partial charge >= 0.3 is 0 Å². The second kappa shape index (κ2) is 6.14. The minimum absolute atomic E-state index is 0.635. The van der Waals surface area contributed by atoms with Crippen molar-refractivity contribution in [3.63, 3.8) is 0 Å². The summed E-state index contributed by atoms with van der Waals surface area (Å²) in [6.45, 7) is 3.48. The maximum atomic E-state index is 5.95. The quantitative estimate of drug-likeness (QED) is 0.835. The molecular formula is C16H20N2O. The van der Waals surface area contributed by atoms with Gasteiger partial charge in [-0.2, -0.15) is 0 Å². The summed E-state index contributed by atoms with van der Waals surface area (Å²) in [4.78, 5) is 2.10. The van der Waals surface area contributed by atoms with E-state index in [0.717, 1.165) is 29.2 Å². The Bertz CT molecular complexity index is 540. The predicted molar refractivity (Wildman–Crippen MR) is 80.8 cm³/mol. The molecule has 0 aliphatic heterocycles. The highest BCUT2D eigenvalue weighted by Crippen LogP contribution is 2.21. The molecule has 3 heteroatoms. The van der Waals surface area contributed by atoms with Gasteiger partial charge in [0.05, 0.1) is 17.9 Å². The summed E-state index contributed by atoms with van der Waals surface area (Å²) in [5.74, 6) is 0.942. The van der Waals surface area contributed by atoms with Gasteiger partial charge in [-0.15, -0.1) is 0 Å². The number of nitrogens with two attached hydrogens (primary N) is 1. The van der Waals surface area contributed by atoms with E-state index in [9.17, 15) is 0 Å². The van der Waals surface area contributed by atoms with Gasteiger partial charge in [0.25, 0.3) is 0 Å². The fourth-order valence-corrected chi connectivity index (χ4v) is 1.97. The van der Waals surface area contributed by atoms with Crippen LogP contribution in [0.2, 0.25) is 0 Å². The van der Waals surface area contributed by atoms with Crippen molar-refractivity contribution in [2.75, 3.05) is 30.8 Å². The first kappa shape index (κ1) is 13.3. The molecule has 0 aromatic heterocycles. The first-order valence-electron chi connectivity index (χ1n) is 6.42. The van der Waals surface area contributed by atoms with Crippen LogP contribution < -0.4 is 15.4 Å². The molecule has 3 nitrogen and oxygen atoms in total. The van der Waals surface area contributed by atoms with Crippen LogP contribution in [-0.4, -0.2) is 20.2 Å². The van der Waals surface area contributed by atoms with Crippen molar-refractivity contribution in [1.29, 1.82) is 0 Å². The molecule has 2 rings (SSSR count). The maximum absolute atomic E-state index is 5.95. The zero-order chi connectivity index (χ0) is 13.7. The van der Waals surface area contributed by atoms with E-state index in [-0.39, 0.29) is 0 Å². The van der Waals surface area contributed by atoms with Gasteiger partial charge in [0.1, 0.15) is 12.4 Å². The summed E-state index contributed by atoms with van der Waals surface area (Å²) < 4.78 is 5.79. The lowest BCUT2D eigenvalue weighted by molar-refractivity contribution is 0.324. The van der Waals surface area contributed by atoms with Gasteiger partial charge < -0.3 is 15.4 Å². The number of hydrogen-bond acceptors (Lipinski definition) is 3. The number of ether oxygens (including phenoxy) is 1. The van der Waals surface area contributed by atoms with E-state index < -0.39 is 0 Å². The lowest BCUT2D eigenvalue weighted by Gasteiger charge is -2.21. The fraction of sp³-hybridized carbons (Fsp3) is 0.250. The average molecular weight is 256 g/mol. The molecular weight excluding hydrogens is 236 g/mol. The van der Waals surface area contributed by atoms with Crippen molar-refractivity contribution in [2.24, 2.45) is 0 Å². The molecule has 100 valence electrons. The second-order valence-electron chi connectivity index (χ2n) is 4.59. The highest BCUT2D eigenvalue weighted by atomic mass is 16.5. The largest absolute Gasteiger partial charge is 0.491 e. The van der Waals surface area contributed by atoms with Crippen molar-refractivity contribution in [1.82, 2.24) is 0 Å². The Morgan fingerprint density at radius 1 is 1.05 bits per heavy atom. The van der Waals surface area contributed by atoms with E-state index in [0.29, 0.717) is 6.61 Å². The fourth-order valence-electron chi connectivity index (χ4n) is 1.97. The van der Waals surface area contributed by atoms with Crippen molar-refractivity contribution in [3.05, 3.63) is 54.1 Å².